The van der Waals surface area contributed by atoms with Crippen molar-refractivity contribution in [2.24, 2.45) is 0 Å². The number of nitrogens with zero attached hydrogens (tertiary/aromatic N) is 5. The Labute approximate surface area is 136 Å². The van der Waals surface area contributed by atoms with Crippen LogP contribution in [0, 0.1) is 13.8 Å². The monoisotopic (exact) mass is 323 g/mol. The quantitative estimate of drug-likeness (QED) is 0.575. The lowest BCUT2D eigenvalue weighted by atomic mass is 10.2. The van der Waals surface area contributed by atoms with Gasteiger partial charge >= 0.3 is 0 Å². The molecule has 0 atom stereocenters. The summed E-state index contributed by atoms with van der Waals surface area (Å²) in [7, 11) is 0. The van der Waals surface area contributed by atoms with E-state index in [1.807, 2.05) is 24.3 Å². The predicted octanol–water partition coefficient (Wildman–Crippen LogP) is 3.68. The summed E-state index contributed by atoms with van der Waals surface area (Å²) in [5.74, 6) is 1.27. The Kier molecular flexibility index (Phi) is 3.27. The van der Waals surface area contributed by atoms with E-state index >= 15 is 0 Å². The van der Waals surface area contributed by atoms with E-state index in [0.29, 0.717) is 11.6 Å². The Balaban J connectivity index is 1.75. The fourth-order valence-corrected chi connectivity index (χ4v) is 3.36. The molecule has 114 valence electrons. The first-order valence-corrected chi connectivity index (χ1v) is 7.89. The molecule has 0 radical (unpaired) electrons. The van der Waals surface area contributed by atoms with Crippen LogP contribution in [0.2, 0.25) is 0 Å². The Morgan fingerprint density at radius 3 is 2.91 bits per heavy atom. The molecule has 0 fully saturated rings. The summed E-state index contributed by atoms with van der Waals surface area (Å²) in [6, 6.07) is 7.65. The van der Waals surface area contributed by atoms with Gasteiger partial charge in [0.15, 0.2) is 0 Å². The minimum Gasteiger partial charge on any atom is -0.438 e. The van der Waals surface area contributed by atoms with Crippen LogP contribution in [-0.4, -0.2) is 25.0 Å². The smallest absolute Gasteiger partial charge is 0.231 e. The molecule has 0 spiro atoms. The number of aryl methyl sites for hydroxylation is 2. The first-order valence-electron chi connectivity index (χ1n) is 7.07. The molecule has 4 rings (SSSR count). The van der Waals surface area contributed by atoms with E-state index in [2.05, 4.69) is 34.1 Å². The van der Waals surface area contributed by atoms with Crippen LogP contribution in [0.25, 0.3) is 15.9 Å². The average Bonchev–Trinajstić information content (AvgIpc) is 3.18. The van der Waals surface area contributed by atoms with Gasteiger partial charge in [0, 0.05) is 10.9 Å². The molecule has 6 nitrogen and oxygen atoms in total. The molecule has 0 bridgehead atoms. The highest BCUT2D eigenvalue weighted by atomic mass is 32.1. The van der Waals surface area contributed by atoms with Gasteiger partial charge in [0.1, 0.15) is 16.9 Å². The van der Waals surface area contributed by atoms with E-state index in [4.69, 9.17) is 4.74 Å². The van der Waals surface area contributed by atoms with Crippen molar-refractivity contribution in [3.63, 3.8) is 0 Å². The van der Waals surface area contributed by atoms with Crippen molar-refractivity contribution in [1.82, 2.24) is 25.0 Å². The van der Waals surface area contributed by atoms with Crippen LogP contribution >= 0.6 is 11.3 Å². The van der Waals surface area contributed by atoms with Crippen molar-refractivity contribution < 1.29 is 4.74 Å². The molecule has 0 aliphatic carbocycles. The molecular weight excluding hydrogens is 310 g/mol. The Bertz CT molecular complexity index is 977. The molecule has 0 N–H and O–H groups in total. The first kappa shape index (κ1) is 13.8. The van der Waals surface area contributed by atoms with E-state index in [1.54, 1.807) is 28.4 Å². The zero-order valence-electron chi connectivity index (χ0n) is 12.6. The fraction of sp³-hybridized carbons (Fsp3) is 0.125. The Morgan fingerprint density at radius 1 is 1.17 bits per heavy atom. The van der Waals surface area contributed by atoms with Gasteiger partial charge in [-0.05, 0) is 31.5 Å². The van der Waals surface area contributed by atoms with Gasteiger partial charge in [-0.3, -0.25) is 0 Å². The molecule has 7 heteroatoms. The summed E-state index contributed by atoms with van der Waals surface area (Å²) < 4.78 is 7.70. The van der Waals surface area contributed by atoms with Gasteiger partial charge in [0.25, 0.3) is 0 Å². The molecule has 0 saturated carbocycles. The van der Waals surface area contributed by atoms with Gasteiger partial charge in [0.05, 0.1) is 23.5 Å². The van der Waals surface area contributed by atoms with Crippen molar-refractivity contribution in [2.45, 2.75) is 13.8 Å². The molecule has 3 aromatic heterocycles. The summed E-state index contributed by atoms with van der Waals surface area (Å²) in [5.41, 5.74) is 2.04. The number of benzene rings is 1. The minimum atomic E-state index is 0.576. The lowest BCUT2D eigenvalue weighted by molar-refractivity contribution is 0.467. The Hall–Kier alpha value is -2.80. The largest absolute Gasteiger partial charge is 0.438 e. The lowest BCUT2D eigenvalue weighted by Gasteiger charge is -2.08. The second-order valence-corrected chi connectivity index (χ2v) is 6.29. The summed E-state index contributed by atoms with van der Waals surface area (Å²) in [4.78, 5) is 10.8. The van der Waals surface area contributed by atoms with E-state index in [0.717, 1.165) is 21.5 Å². The third kappa shape index (κ3) is 2.44. The number of fused-ring (bicyclic) bond motifs is 1. The number of hydrogen-bond acceptors (Lipinski definition) is 6. The van der Waals surface area contributed by atoms with Crippen LogP contribution in [-0.2, 0) is 0 Å². The number of rotatable bonds is 3. The van der Waals surface area contributed by atoms with Crippen LogP contribution in [0.15, 0.2) is 43.0 Å². The fourth-order valence-electron chi connectivity index (χ4n) is 2.37. The maximum absolute atomic E-state index is 6.02. The Morgan fingerprint density at radius 2 is 2.09 bits per heavy atom. The molecule has 4 aromatic rings. The van der Waals surface area contributed by atoms with Gasteiger partial charge < -0.3 is 4.74 Å². The van der Waals surface area contributed by atoms with Crippen LogP contribution in [0.1, 0.15) is 10.4 Å². The molecule has 0 amide bonds. The van der Waals surface area contributed by atoms with E-state index < -0.39 is 0 Å². The maximum Gasteiger partial charge on any atom is 0.231 e. The predicted molar refractivity (Wildman–Crippen MR) is 88.3 cm³/mol. The van der Waals surface area contributed by atoms with Gasteiger partial charge in [0.2, 0.25) is 5.88 Å². The van der Waals surface area contributed by atoms with Crippen molar-refractivity contribution in [2.75, 3.05) is 0 Å². The van der Waals surface area contributed by atoms with E-state index in [-0.39, 0.29) is 0 Å². The van der Waals surface area contributed by atoms with Crippen molar-refractivity contribution >= 4 is 21.6 Å². The summed E-state index contributed by atoms with van der Waals surface area (Å²) in [5, 5.41) is 8.78. The number of thiophene rings is 1. The highest BCUT2D eigenvalue weighted by Crippen LogP contribution is 2.35. The number of aromatic nitrogens is 5. The molecular formula is C16H13N5OS. The van der Waals surface area contributed by atoms with E-state index in [1.165, 1.54) is 11.2 Å². The highest BCUT2D eigenvalue weighted by molar-refractivity contribution is 7.18. The zero-order chi connectivity index (χ0) is 15.8. The number of hydrogen-bond donors (Lipinski definition) is 0. The van der Waals surface area contributed by atoms with Crippen molar-refractivity contribution in [3.8, 4) is 17.3 Å². The standard InChI is InChI=1S/C16H13N5OS/c1-10-11(2)23-16-14(10)15(17-9-18-16)22-13-5-3-4-12(8-13)21-7-6-19-20-21/h3-9H,1-2H3. The molecule has 0 aliphatic rings. The van der Waals surface area contributed by atoms with Gasteiger partial charge in [-0.1, -0.05) is 11.3 Å². The summed E-state index contributed by atoms with van der Waals surface area (Å²) >= 11 is 1.65. The normalized spacial score (nSPS) is 11.0. The second-order valence-electron chi connectivity index (χ2n) is 5.09. The molecule has 3 heterocycles. The molecule has 0 aliphatic heterocycles. The maximum atomic E-state index is 6.02. The second kappa shape index (κ2) is 5.44. The van der Waals surface area contributed by atoms with Crippen LogP contribution in [0.5, 0.6) is 11.6 Å². The molecule has 0 unspecified atom stereocenters. The molecule has 0 saturated heterocycles. The highest BCUT2D eigenvalue weighted by Gasteiger charge is 2.13. The third-order valence-electron chi connectivity index (χ3n) is 3.65. The lowest BCUT2D eigenvalue weighted by Crippen LogP contribution is -1.96. The zero-order valence-corrected chi connectivity index (χ0v) is 13.4. The van der Waals surface area contributed by atoms with Gasteiger partial charge in [-0.25, -0.2) is 14.6 Å². The average molecular weight is 323 g/mol. The van der Waals surface area contributed by atoms with Gasteiger partial charge in [-0.15, -0.1) is 16.4 Å². The van der Waals surface area contributed by atoms with Crippen LogP contribution in [0.3, 0.4) is 0 Å². The summed E-state index contributed by atoms with van der Waals surface area (Å²) in [6.45, 7) is 4.15. The minimum absolute atomic E-state index is 0.576. The summed E-state index contributed by atoms with van der Waals surface area (Å²) in [6.07, 6.45) is 4.96. The molecule has 1 aromatic carbocycles. The molecule has 23 heavy (non-hydrogen) atoms. The third-order valence-corrected chi connectivity index (χ3v) is 4.77. The van der Waals surface area contributed by atoms with Crippen LogP contribution < -0.4 is 4.74 Å². The van der Waals surface area contributed by atoms with Crippen molar-refractivity contribution in [1.29, 1.82) is 0 Å². The SMILES string of the molecule is Cc1sc2ncnc(Oc3cccc(-n4ccnn4)c3)c2c1C. The first-order chi connectivity index (χ1) is 11.2. The van der Waals surface area contributed by atoms with Gasteiger partial charge in [-0.2, -0.15) is 0 Å². The van der Waals surface area contributed by atoms with Crippen LogP contribution in [0.4, 0.5) is 0 Å². The number of ether oxygens (including phenoxy) is 1. The van der Waals surface area contributed by atoms with E-state index in [9.17, 15) is 0 Å². The topological polar surface area (TPSA) is 65.7 Å². The van der Waals surface area contributed by atoms with Crippen molar-refractivity contribution in [3.05, 3.63) is 53.4 Å².